The average Bonchev–Trinajstić information content (AvgIpc) is 2.42. The fraction of sp³-hybridized carbons (Fsp3) is 0.286. The third-order valence-electron chi connectivity index (χ3n) is 2.92. The second-order valence-electron chi connectivity index (χ2n) is 4.35. The molecule has 2 aromatic heterocycles. The Morgan fingerprint density at radius 3 is 2.58 bits per heavy atom. The Bertz CT molecular complexity index is 596. The highest BCUT2D eigenvalue weighted by Gasteiger charge is 2.08. The third kappa shape index (κ3) is 3.13. The topological polar surface area (TPSA) is 67.8 Å². The van der Waals surface area contributed by atoms with E-state index in [4.69, 9.17) is 0 Å². The Morgan fingerprint density at radius 2 is 1.89 bits per heavy atom. The van der Waals surface area contributed by atoms with Crippen LogP contribution in [0.5, 0.6) is 0 Å². The van der Waals surface area contributed by atoms with E-state index in [1.807, 2.05) is 20.8 Å². The van der Waals surface area contributed by atoms with Gasteiger partial charge in [-0.2, -0.15) is 0 Å². The van der Waals surface area contributed by atoms with Gasteiger partial charge in [0.1, 0.15) is 0 Å². The molecule has 0 radical (unpaired) electrons. The van der Waals surface area contributed by atoms with Gasteiger partial charge in [0.25, 0.3) is 5.91 Å². The number of nitrogens with one attached hydrogen (secondary N) is 1. The van der Waals surface area contributed by atoms with Gasteiger partial charge in [-0.15, -0.1) is 0 Å². The molecule has 0 aliphatic rings. The van der Waals surface area contributed by atoms with Crippen LogP contribution in [0, 0.1) is 20.8 Å². The Kier molecular flexibility index (Phi) is 3.85. The molecule has 0 aromatic carbocycles. The smallest absolute Gasteiger partial charge is 0.253 e. The van der Waals surface area contributed by atoms with Crippen molar-refractivity contribution in [1.82, 2.24) is 20.3 Å². The third-order valence-corrected chi connectivity index (χ3v) is 2.92. The maximum atomic E-state index is 11.9. The minimum atomic E-state index is -0.160. The highest BCUT2D eigenvalue weighted by molar-refractivity contribution is 5.93. The van der Waals surface area contributed by atoms with Gasteiger partial charge in [-0.25, -0.2) is 0 Å². The van der Waals surface area contributed by atoms with Gasteiger partial charge in [0.05, 0.1) is 34.9 Å². The van der Waals surface area contributed by atoms with Gasteiger partial charge in [-0.3, -0.25) is 19.7 Å². The van der Waals surface area contributed by atoms with Crippen molar-refractivity contribution in [1.29, 1.82) is 0 Å². The van der Waals surface area contributed by atoms with E-state index in [-0.39, 0.29) is 5.91 Å². The summed E-state index contributed by atoms with van der Waals surface area (Å²) >= 11 is 0. The van der Waals surface area contributed by atoms with Gasteiger partial charge in [0.15, 0.2) is 0 Å². The second-order valence-corrected chi connectivity index (χ2v) is 4.35. The van der Waals surface area contributed by atoms with Crippen molar-refractivity contribution in [3.8, 4) is 0 Å². The monoisotopic (exact) mass is 256 g/mol. The zero-order valence-corrected chi connectivity index (χ0v) is 11.3. The quantitative estimate of drug-likeness (QED) is 0.908. The number of aryl methyl sites for hydroxylation is 3. The molecule has 0 aliphatic carbocycles. The molecule has 98 valence electrons. The van der Waals surface area contributed by atoms with Crippen LogP contribution in [0.4, 0.5) is 0 Å². The summed E-state index contributed by atoms with van der Waals surface area (Å²) in [5, 5.41) is 2.82. The molecule has 0 bridgehead atoms. The van der Waals surface area contributed by atoms with E-state index in [0.29, 0.717) is 12.1 Å². The Hall–Kier alpha value is -2.30. The molecular weight excluding hydrogens is 240 g/mol. The molecule has 0 saturated heterocycles. The van der Waals surface area contributed by atoms with E-state index >= 15 is 0 Å². The zero-order chi connectivity index (χ0) is 13.8. The number of amides is 1. The van der Waals surface area contributed by atoms with E-state index < -0.39 is 0 Å². The fourth-order valence-corrected chi connectivity index (χ4v) is 1.69. The summed E-state index contributed by atoms with van der Waals surface area (Å²) < 4.78 is 0. The molecule has 1 amide bonds. The van der Waals surface area contributed by atoms with Crippen LogP contribution < -0.4 is 5.32 Å². The highest BCUT2D eigenvalue weighted by Crippen LogP contribution is 2.07. The average molecular weight is 256 g/mol. The van der Waals surface area contributed by atoms with E-state index in [1.165, 1.54) is 6.20 Å². The lowest BCUT2D eigenvalue weighted by atomic mass is 10.2. The van der Waals surface area contributed by atoms with Gasteiger partial charge in [0, 0.05) is 12.4 Å². The number of pyridine rings is 1. The lowest BCUT2D eigenvalue weighted by Gasteiger charge is -2.09. The first kappa shape index (κ1) is 13.1. The van der Waals surface area contributed by atoms with Crippen LogP contribution in [0.3, 0.4) is 0 Å². The van der Waals surface area contributed by atoms with Crippen LogP contribution in [-0.4, -0.2) is 20.9 Å². The normalized spacial score (nSPS) is 10.3. The van der Waals surface area contributed by atoms with Crippen LogP contribution in [-0.2, 0) is 6.54 Å². The van der Waals surface area contributed by atoms with Gasteiger partial charge in [-0.05, 0) is 32.9 Å². The summed E-state index contributed by atoms with van der Waals surface area (Å²) in [6.45, 7) is 6.10. The van der Waals surface area contributed by atoms with Crippen molar-refractivity contribution in [2.75, 3.05) is 0 Å². The first-order valence-electron chi connectivity index (χ1n) is 6.07. The standard InChI is InChI=1S/C14H16N4O/c1-9-10(2)18-13(11(3)17-9)8-16-14(19)12-5-4-6-15-7-12/h4-7H,8H2,1-3H3,(H,16,19). The number of hydrogen-bond acceptors (Lipinski definition) is 4. The van der Waals surface area contributed by atoms with Crippen molar-refractivity contribution in [3.63, 3.8) is 0 Å². The van der Waals surface area contributed by atoms with Crippen LogP contribution in [0.15, 0.2) is 24.5 Å². The van der Waals surface area contributed by atoms with Gasteiger partial charge in [-0.1, -0.05) is 0 Å². The van der Waals surface area contributed by atoms with Crippen molar-refractivity contribution < 1.29 is 4.79 Å². The molecule has 0 atom stereocenters. The molecule has 5 nitrogen and oxygen atoms in total. The summed E-state index contributed by atoms with van der Waals surface area (Å²) in [6, 6.07) is 3.46. The lowest BCUT2D eigenvalue weighted by Crippen LogP contribution is -2.24. The first-order chi connectivity index (χ1) is 9.08. The van der Waals surface area contributed by atoms with Crippen molar-refractivity contribution in [3.05, 3.63) is 52.9 Å². The summed E-state index contributed by atoms with van der Waals surface area (Å²) in [4.78, 5) is 24.6. The summed E-state index contributed by atoms with van der Waals surface area (Å²) in [5.41, 5.74) is 3.97. The first-order valence-corrected chi connectivity index (χ1v) is 6.07. The van der Waals surface area contributed by atoms with Crippen LogP contribution in [0.25, 0.3) is 0 Å². The minimum Gasteiger partial charge on any atom is -0.346 e. The SMILES string of the molecule is Cc1nc(C)c(CNC(=O)c2cccnc2)nc1C. The largest absolute Gasteiger partial charge is 0.346 e. The molecule has 2 heterocycles. The van der Waals surface area contributed by atoms with Crippen LogP contribution >= 0.6 is 0 Å². The molecule has 2 rings (SSSR count). The fourth-order valence-electron chi connectivity index (χ4n) is 1.69. The predicted octanol–water partition coefficient (Wildman–Crippen LogP) is 1.73. The molecule has 1 N–H and O–H groups in total. The maximum Gasteiger partial charge on any atom is 0.253 e. The van der Waals surface area contributed by atoms with E-state index in [0.717, 1.165) is 22.8 Å². The molecule has 5 heteroatoms. The molecule has 0 aliphatic heterocycles. The molecule has 19 heavy (non-hydrogen) atoms. The van der Waals surface area contributed by atoms with Gasteiger partial charge >= 0.3 is 0 Å². The second kappa shape index (κ2) is 5.56. The molecular formula is C14H16N4O. The van der Waals surface area contributed by atoms with Gasteiger partial charge in [0.2, 0.25) is 0 Å². The highest BCUT2D eigenvalue weighted by atomic mass is 16.1. The number of carbonyl (C=O) groups excluding carboxylic acids is 1. The Morgan fingerprint density at radius 1 is 1.16 bits per heavy atom. The van der Waals surface area contributed by atoms with E-state index in [2.05, 4.69) is 20.3 Å². The maximum absolute atomic E-state index is 11.9. The number of carbonyl (C=O) groups is 1. The van der Waals surface area contributed by atoms with E-state index in [9.17, 15) is 4.79 Å². The number of nitrogens with zero attached hydrogens (tertiary/aromatic N) is 3. The Balaban J connectivity index is 2.07. The summed E-state index contributed by atoms with van der Waals surface area (Å²) in [5.74, 6) is -0.160. The van der Waals surface area contributed by atoms with Crippen LogP contribution in [0.2, 0.25) is 0 Å². The summed E-state index contributed by atoms with van der Waals surface area (Å²) in [6.07, 6.45) is 3.17. The van der Waals surface area contributed by atoms with Crippen molar-refractivity contribution >= 4 is 5.91 Å². The van der Waals surface area contributed by atoms with Gasteiger partial charge < -0.3 is 5.32 Å². The zero-order valence-electron chi connectivity index (χ0n) is 11.3. The molecule has 0 unspecified atom stereocenters. The van der Waals surface area contributed by atoms with Crippen molar-refractivity contribution in [2.24, 2.45) is 0 Å². The van der Waals surface area contributed by atoms with Crippen molar-refractivity contribution in [2.45, 2.75) is 27.3 Å². The Labute approximate surface area is 112 Å². The number of rotatable bonds is 3. The molecule has 0 spiro atoms. The molecule has 0 fully saturated rings. The number of hydrogen-bond donors (Lipinski definition) is 1. The molecule has 0 saturated carbocycles. The van der Waals surface area contributed by atoms with Crippen LogP contribution in [0.1, 0.15) is 33.1 Å². The molecule has 2 aromatic rings. The minimum absolute atomic E-state index is 0.160. The summed E-state index contributed by atoms with van der Waals surface area (Å²) in [7, 11) is 0. The van der Waals surface area contributed by atoms with E-state index in [1.54, 1.807) is 18.3 Å². The number of aromatic nitrogens is 3. The lowest BCUT2D eigenvalue weighted by molar-refractivity contribution is 0.0950. The predicted molar refractivity (Wildman–Crippen MR) is 71.7 cm³/mol.